The van der Waals surface area contributed by atoms with Gasteiger partial charge in [0.15, 0.2) is 0 Å². The molecule has 1 amide bonds. The Morgan fingerprint density at radius 2 is 1.60 bits per heavy atom. The summed E-state index contributed by atoms with van der Waals surface area (Å²) in [6.07, 6.45) is 1.21. The molecular weight excluding hydrogens is 374 g/mol. The van der Waals surface area contributed by atoms with E-state index in [1.54, 1.807) is 0 Å². The highest BCUT2D eigenvalue weighted by Gasteiger charge is 2.12. The highest BCUT2D eigenvalue weighted by atomic mass is 16.5. The zero-order chi connectivity index (χ0) is 20.6. The summed E-state index contributed by atoms with van der Waals surface area (Å²) in [4.78, 5) is 17.0. The van der Waals surface area contributed by atoms with Crippen molar-refractivity contribution in [3.05, 3.63) is 96.3 Å². The van der Waals surface area contributed by atoms with Crippen LogP contribution in [0.3, 0.4) is 0 Å². The van der Waals surface area contributed by atoms with Gasteiger partial charge in [-0.15, -0.1) is 0 Å². The number of nitrogens with zero attached hydrogens (tertiary/aromatic N) is 2. The standard InChI is InChI=1S/C25H25N3O2/c29-25(16-18-30-21-11-5-2-6-12-21)26-19-24-27-22-13-7-8-14-23(22)28(24)17-15-20-9-3-1-4-10-20/h1-14H,15-19H2,(H,26,29). The molecule has 0 radical (unpaired) electrons. The van der Waals surface area contributed by atoms with Gasteiger partial charge in [0.25, 0.3) is 0 Å². The van der Waals surface area contributed by atoms with Crippen molar-refractivity contribution >= 4 is 16.9 Å². The zero-order valence-electron chi connectivity index (χ0n) is 16.8. The van der Waals surface area contributed by atoms with E-state index >= 15 is 0 Å². The SMILES string of the molecule is O=C(CCOc1ccccc1)NCc1nc2ccccc2n1CCc1ccccc1. The predicted octanol–water partition coefficient (Wildman–Crippen LogP) is 4.36. The predicted molar refractivity (Wildman–Crippen MR) is 118 cm³/mol. The maximum Gasteiger partial charge on any atom is 0.223 e. The Bertz CT molecular complexity index is 1090. The highest BCUT2D eigenvalue weighted by molar-refractivity contribution is 5.77. The monoisotopic (exact) mass is 399 g/mol. The number of hydrogen-bond donors (Lipinski definition) is 1. The van der Waals surface area contributed by atoms with Crippen LogP contribution in [0.2, 0.25) is 0 Å². The fourth-order valence-corrected chi connectivity index (χ4v) is 3.44. The molecule has 0 unspecified atom stereocenters. The maximum absolute atomic E-state index is 12.3. The zero-order valence-corrected chi connectivity index (χ0v) is 16.8. The van der Waals surface area contributed by atoms with Crippen LogP contribution in [0.1, 0.15) is 17.8 Å². The normalized spacial score (nSPS) is 10.8. The number of benzene rings is 3. The minimum Gasteiger partial charge on any atom is -0.493 e. The fraction of sp³-hybridized carbons (Fsp3) is 0.200. The molecular formula is C25H25N3O2. The molecule has 4 rings (SSSR count). The molecule has 1 heterocycles. The average molecular weight is 399 g/mol. The van der Waals surface area contributed by atoms with Crippen molar-refractivity contribution in [1.82, 2.24) is 14.9 Å². The summed E-state index contributed by atoms with van der Waals surface area (Å²) in [6, 6.07) is 28.0. The number of amides is 1. The molecule has 5 nitrogen and oxygen atoms in total. The van der Waals surface area contributed by atoms with Gasteiger partial charge in [0.05, 0.1) is 30.6 Å². The van der Waals surface area contributed by atoms with Gasteiger partial charge in [-0.05, 0) is 36.2 Å². The van der Waals surface area contributed by atoms with Crippen LogP contribution in [-0.2, 0) is 24.3 Å². The Morgan fingerprint density at radius 1 is 0.900 bits per heavy atom. The largest absolute Gasteiger partial charge is 0.493 e. The van der Waals surface area contributed by atoms with Gasteiger partial charge in [0, 0.05) is 6.54 Å². The summed E-state index contributed by atoms with van der Waals surface area (Å²) in [7, 11) is 0. The fourth-order valence-electron chi connectivity index (χ4n) is 3.44. The van der Waals surface area contributed by atoms with Crippen LogP contribution < -0.4 is 10.1 Å². The van der Waals surface area contributed by atoms with Gasteiger partial charge in [0.2, 0.25) is 5.91 Å². The lowest BCUT2D eigenvalue weighted by atomic mass is 10.1. The van der Waals surface area contributed by atoms with E-state index in [0.717, 1.165) is 35.6 Å². The van der Waals surface area contributed by atoms with E-state index < -0.39 is 0 Å². The first-order valence-corrected chi connectivity index (χ1v) is 10.2. The first-order chi connectivity index (χ1) is 14.8. The third-order valence-electron chi connectivity index (χ3n) is 4.99. The molecule has 0 aliphatic heterocycles. The van der Waals surface area contributed by atoms with Crippen LogP contribution in [0, 0.1) is 0 Å². The molecule has 0 saturated carbocycles. The molecule has 0 aliphatic rings. The third kappa shape index (κ3) is 5.06. The lowest BCUT2D eigenvalue weighted by Gasteiger charge is -2.11. The Labute approximate surface area is 176 Å². The van der Waals surface area contributed by atoms with Gasteiger partial charge < -0.3 is 14.6 Å². The highest BCUT2D eigenvalue weighted by Crippen LogP contribution is 2.17. The minimum absolute atomic E-state index is 0.0485. The van der Waals surface area contributed by atoms with E-state index in [4.69, 9.17) is 9.72 Å². The number of imidazole rings is 1. The number of aromatic nitrogens is 2. The van der Waals surface area contributed by atoms with Crippen molar-refractivity contribution in [2.45, 2.75) is 25.9 Å². The van der Waals surface area contributed by atoms with E-state index in [2.05, 4.69) is 40.2 Å². The summed E-state index contributed by atoms with van der Waals surface area (Å²) in [5.74, 6) is 1.59. The van der Waals surface area contributed by atoms with Crippen LogP contribution in [0.5, 0.6) is 5.75 Å². The van der Waals surface area contributed by atoms with Gasteiger partial charge in [-0.3, -0.25) is 4.79 Å². The van der Waals surface area contributed by atoms with Crippen molar-refractivity contribution in [3.63, 3.8) is 0 Å². The second kappa shape index (κ2) is 9.74. The smallest absolute Gasteiger partial charge is 0.223 e. The summed E-state index contributed by atoms with van der Waals surface area (Å²) < 4.78 is 7.80. The molecule has 0 saturated heterocycles. The molecule has 0 aliphatic carbocycles. The molecule has 3 aromatic carbocycles. The van der Waals surface area contributed by atoms with E-state index in [1.165, 1.54) is 5.56 Å². The third-order valence-corrected chi connectivity index (χ3v) is 4.99. The van der Waals surface area contributed by atoms with E-state index in [1.807, 2.05) is 54.6 Å². The number of fused-ring (bicyclic) bond motifs is 1. The van der Waals surface area contributed by atoms with Crippen LogP contribution in [-0.4, -0.2) is 22.1 Å². The number of carbonyl (C=O) groups is 1. The average Bonchev–Trinajstić information content (AvgIpc) is 3.15. The molecule has 5 heteroatoms. The summed E-state index contributed by atoms with van der Waals surface area (Å²) >= 11 is 0. The second-order valence-corrected chi connectivity index (χ2v) is 7.09. The first kappa shape index (κ1) is 19.7. The summed E-state index contributed by atoms with van der Waals surface area (Å²) in [5.41, 5.74) is 3.32. The Hall–Kier alpha value is -3.60. The second-order valence-electron chi connectivity index (χ2n) is 7.09. The molecule has 0 spiro atoms. The lowest BCUT2D eigenvalue weighted by molar-refractivity contribution is -0.121. The maximum atomic E-state index is 12.3. The van der Waals surface area contributed by atoms with Crippen LogP contribution in [0.15, 0.2) is 84.9 Å². The number of para-hydroxylation sites is 3. The Morgan fingerprint density at radius 3 is 2.40 bits per heavy atom. The van der Waals surface area contributed by atoms with Gasteiger partial charge in [-0.2, -0.15) is 0 Å². The van der Waals surface area contributed by atoms with Crippen molar-refractivity contribution in [2.24, 2.45) is 0 Å². The first-order valence-electron chi connectivity index (χ1n) is 10.2. The quantitative estimate of drug-likeness (QED) is 0.455. The Balaban J connectivity index is 1.37. The van der Waals surface area contributed by atoms with Gasteiger partial charge in [-0.1, -0.05) is 60.7 Å². The van der Waals surface area contributed by atoms with Crippen LogP contribution >= 0.6 is 0 Å². The molecule has 1 aromatic heterocycles. The number of aryl methyl sites for hydroxylation is 2. The van der Waals surface area contributed by atoms with Crippen molar-refractivity contribution in [1.29, 1.82) is 0 Å². The number of carbonyl (C=O) groups excluding carboxylic acids is 1. The molecule has 152 valence electrons. The van der Waals surface area contributed by atoms with Crippen molar-refractivity contribution in [2.75, 3.05) is 6.61 Å². The number of rotatable bonds is 9. The molecule has 30 heavy (non-hydrogen) atoms. The van der Waals surface area contributed by atoms with E-state index in [-0.39, 0.29) is 5.91 Å². The number of nitrogens with one attached hydrogen (secondary N) is 1. The lowest BCUT2D eigenvalue weighted by Crippen LogP contribution is -2.26. The summed E-state index contributed by atoms with van der Waals surface area (Å²) in [5, 5.41) is 2.98. The van der Waals surface area contributed by atoms with Crippen molar-refractivity contribution in [3.8, 4) is 5.75 Å². The topological polar surface area (TPSA) is 56.1 Å². The molecule has 0 atom stereocenters. The number of hydrogen-bond acceptors (Lipinski definition) is 3. The Kier molecular flexibility index (Phi) is 6.40. The molecule has 0 fully saturated rings. The van der Waals surface area contributed by atoms with Gasteiger partial charge in [0.1, 0.15) is 11.6 Å². The van der Waals surface area contributed by atoms with Gasteiger partial charge >= 0.3 is 0 Å². The van der Waals surface area contributed by atoms with Crippen LogP contribution in [0.25, 0.3) is 11.0 Å². The summed E-state index contributed by atoms with van der Waals surface area (Å²) in [6.45, 7) is 1.56. The van der Waals surface area contributed by atoms with Crippen LogP contribution in [0.4, 0.5) is 0 Å². The van der Waals surface area contributed by atoms with E-state index in [0.29, 0.717) is 19.6 Å². The molecule has 0 bridgehead atoms. The molecule has 4 aromatic rings. The minimum atomic E-state index is -0.0485. The van der Waals surface area contributed by atoms with Crippen molar-refractivity contribution < 1.29 is 9.53 Å². The molecule has 1 N–H and O–H groups in total. The van der Waals surface area contributed by atoms with Gasteiger partial charge in [-0.25, -0.2) is 4.98 Å². The van der Waals surface area contributed by atoms with E-state index in [9.17, 15) is 4.79 Å². The number of ether oxygens (including phenoxy) is 1.